The molecule has 2 fully saturated rings. The fourth-order valence-electron chi connectivity index (χ4n) is 4.06. The van der Waals surface area contributed by atoms with Crippen LogP contribution in [0.2, 0.25) is 0 Å². The number of nitrogens with zero attached hydrogens (tertiary/aromatic N) is 4. The number of aromatic nitrogens is 2. The molecule has 2 amide bonds. The van der Waals surface area contributed by atoms with Gasteiger partial charge in [0.25, 0.3) is 0 Å². The molecule has 1 atom stereocenters. The normalized spacial score (nSPS) is 22.4. The summed E-state index contributed by atoms with van der Waals surface area (Å²) >= 11 is 0. The second-order valence-electron chi connectivity index (χ2n) is 7.85. The maximum absolute atomic E-state index is 12.7. The maximum atomic E-state index is 12.7. The van der Waals surface area contributed by atoms with E-state index >= 15 is 0 Å². The molecule has 1 aliphatic carbocycles. The summed E-state index contributed by atoms with van der Waals surface area (Å²) in [7, 11) is 4.18. The number of amides is 2. The van der Waals surface area contributed by atoms with Gasteiger partial charge in [-0.3, -0.25) is 0 Å². The van der Waals surface area contributed by atoms with E-state index in [1.165, 1.54) is 19.3 Å². The fourth-order valence-corrected chi connectivity index (χ4v) is 4.06. The predicted molar refractivity (Wildman–Crippen MR) is 99.7 cm³/mol. The number of likely N-dealkylation sites (N-methyl/N-ethyl adjacent to an activating group) is 1. The van der Waals surface area contributed by atoms with Crippen LogP contribution in [0.1, 0.15) is 56.7 Å². The van der Waals surface area contributed by atoms with Crippen LogP contribution in [-0.2, 0) is 6.54 Å². The fraction of sp³-hybridized carbons (Fsp3) is 0.789. The molecule has 1 saturated carbocycles. The molecule has 3 rings (SSSR count). The van der Waals surface area contributed by atoms with Crippen LogP contribution in [0.15, 0.2) is 12.4 Å². The van der Waals surface area contributed by atoms with Crippen molar-refractivity contribution < 1.29 is 4.79 Å². The second kappa shape index (κ2) is 8.70. The zero-order valence-electron chi connectivity index (χ0n) is 15.8. The van der Waals surface area contributed by atoms with Crippen molar-refractivity contribution in [1.82, 2.24) is 24.7 Å². The number of carbonyl (C=O) groups excluding carboxylic acids is 1. The molecule has 1 saturated heterocycles. The number of carbonyl (C=O) groups is 1. The molecule has 2 aliphatic rings. The van der Waals surface area contributed by atoms with Crippen LogP contribution in [0, 0.1) is 0 Å². The summed E-state index contributed by atoms with van der Waals surface area (Å²) < 4.78 is 2.26. The van der Waals surface area contributed by atoms with Gasteiger partial charge in [0.05, 0.1) is 0 Å². The highest BCUT2D eigenvalue weighted by Gasteiger charge is 2.28. The van der Waals surface area contributed by atoms with Crippen LogP contribution in [-0.4, -0.2) is 65.2 Å². The summed E-state index contributed by atoms with van der Waals surface area (Å²) in [5, 5.41) is 3.26. The van der Waals surface area contributed by atoms with Crippen LogP contribution in [0.5, 0.6) is 0 Å². The molecule has 0 aromatic carbocycles. The van der Waals surface area contributed by atoms with E-state index in [4.69, 9.17) is 0 Å². The number of nitrogens with one attached hydrogen (secondary N) is 1. The van der Waals surface area contributed by atoms with Gasteiger partial charge in [-0.25, -0.2) is 9.78 Å². The molecule has 6 heteroatoms. The molecule has 1 N–H and O–H groups in total. The van der Waals surface area contributed by atoms with Crippen LogP contribution in [0.4, 0.5) is 4.79 Å². The molecule has 2 heterocycles. The van der Waals surface area contributed by atoms with E-state index in [2.05, 4.69) is 40.1 Å². The zero-order chi connectivity index (χ0) is 17.6. The molecule has 25 heavy (non-hydrogen) atoms. The predicted octanol–water partition coefficient (Wildman–Crippen LogP) is 2.67. The summed E-state index contributed by atoms with van der Waals surface area (Å²) in [5.74, 6) is 1.49. The number of urea groups is 1. The second-order valence-corrected chi connectivity index (χ2v) is 7.85. The van der Waals surface area contributed by atoms with Crippen molar-refractivity contribution in [3.8, 4) is 0 Å². The molecular formula is C19H33N5O. The third kappa shape index (κ3) is 4.97. The number of imidazole rings is 1. The van der Waals surface area contributed by atoms with Gasteiger partial charge in [-0.05, 0) is 39.8 Å². The van der Waals surface area contributed by atoms with Gasteiger partial charge in [-0.15, -0.1) is 0 Å². The van der Waals surface area contributed by atoms with Crippen LogP contribution in [0.25, 0.3) is 0 Å². The third-order valence-corrected chi connectivity index (χ3v) is 5.54. The number of hydrogen-bond acceptors (Lipinski definition) is 3. The quantitative estimate of drug-likeness (QED) is 0.891. The number of likely N-dealkylation sites (tertiary alicyclic amines) is 1. The first-order chi connectivity index (χ1) is 12.1. The Hall–Kier alpha value is -1.56. The minimum absolute atomic E-state index is 0.128. The Morgan fingerprint density at radius 3 is 2.80 bits per heavy atom. The van der Waals surface area contributed by atoms with Crippen molar-refractivity contribution in [2.75, 3.05) is 33.7 Å². The van der Waals surface area contributed by atoms with Crippen molar-refractivity contribution in [3.05, 3.63) is 18.2 Å². The van der Waals surface area contributed by atoms with Crippen molar-refractivity contribution >= 4 is 6.03 Å². The zero-order valence-corrected chi connectivity index (χ0v) is 15.8. The number of rotatable bonds is 5. The van der Waals surface area contributed by atoms with Crippen LogP contribution < -0.4 is 5.32 Å². The van der Waals surface area contributed by atoms with Crippen LogP contribution in [0.3, 0.4) is 0 Å². The highest BCUT2D eigenvalue weighted by atomic mass is 16.2. The third-order valence-electron chi connectivity index (χ3n) is 5.54. The van der Waals surface area contributed by atoms with E-state index in [9.17, 15) is 4.79 Å². The lowest BCUT2D eigenvalue weighted by atomic mass is 9.95. The Balaban J connectivity index is 1.57. The molecule has 0 bridgehead atoms. The lowest BCUT2D eigenvalue weighted by molar-refractivity contribution is 0.171. The molecule has 140 valence electrons. The van der Waals surface area contributed by atoms with Crippen molar-refractivity contribution in [2.45, 2.75) is 63.5 Å². The smallest absolute Gasteiger partial charge is 0.317 e. The topological polar surface area (TPSA) is 53.4 Å². The van der Waals surface area contributed by atoms with Crippen LogP contribution >= 0.6 is 0 Å². The van der Waals surface area contributed by atoms with E-state index in [0.29, 0.717) is 12.0 Å². The Labute approximate surface area is 151 Å². The van der Waals surface area contributed by atoms with E-state index in [1.54, 1.807) is 0 Å². The standard InChI is InChI=1S/C19H33N5O/c1-22(2)13-14-23-12-10-20-18(23)16-7-6-11-24(15-16)19(25)21-17-8-4-3-5-9-17/h10,12,16-17H,3-9,11,13-15H2,1-2H3,(H,21,25)/t16-/m0/s1. The van der Waals surface area contributed by atoms with Gasteiger partial charge in [0.15, 0.2) is 0 Å². The van der Waals surface area contributed by atoms with Gasteiger partial charge in [0, 0.05) is 50.5 Å². The average molecular weight is 348 g/mol. The Kier molecular flexibility index (Phi) is 6.34. The summed E-state index contributed by atoms with van der Waals surface area (Å²) in [6.45, 7) is 3.61. The van der Waals surface area contributed by atoms with Crippen molar-refractivity contribution in [1.29, 1.82) is 0 Å². The Bertz CT molecular complexity index is 550. The van der Waals surface area contributed by atoms with E-state index in [-0.39, 0.29) is 6.03 Å². The molecule has 1 aromatic rings. The van der Waals surface area contributed by atoms with Crippen molar-refractivity contribution in [2.24, 2.45) is 0 Å². The molecule has 0 unspecified atom stereocenters. The lowest BCUT2D eigenvalue weighted by Gasteiger charge is -2.34. The molecule has 1 aliphatic heterocycles. The van der Waals surface area contributed by atoms with Gasteiger partial charge < -0.3 is 19.7 Å². The van der Waals surface area contributed by atoms with Gasteiger partial charge in [-0.2, -0.15) is 0 Å². The summed E-state index contributed by atoms with van der Waals surface area (Å²) in [5.41, 5.74) is 0. The molecule has 6 nitrogen and oxygen atoms in total. The Morgan fingerprint density at radius 1 is 1.24 bits per heavy atom. The minimum atomic E-state index is 0.128. The highest BCUT2D eigenvalue weighted by molar-refractivity contribution is 5.74. The first-order valence-electron chi connectivity index (χ1n) is 9.84. The average Bonchev–Trinajstić information content (AvgIpc) is 3.09. The molecule has 1 aromatic heterocycles. The van der Waals surface area contributed by atoms with Gasteiger partial charge in [0.1, 0.15) is 5.82 Å². The van der Waals surface area contributed by atoms with Gasteiger partial charge >= 0.3 is 6.03 Å². The number of hydrogen-bond donors (Lipinski definition) is 1. The largest absolute Gasteiger partial charge is 0.335 e. The molecule has 0 radical (unpaired) electrons. The first-order valence-corrected chi connectivity index (χ1v) is 9.84. The number of piperidine rings is 1. The SMILES string of the molecule is CN(C)CCn1ccnc1[C@H]1CCCN(C(=O)NC2CCCCC2)C1. The van der Waals surface area contributed by atoms with Gasteiger partial charge in [0.2, 0.25) is 0 Å². The molecule has 0 spiro atoms. The highest BCUT2D eigenvalue weighted by Crippen LogP contribution is 2.26. The summed E-state index contributed by atoms with van der Waals surface area (Å²) in [6, 6.07) is 0.506. The molecular weight excluding hydrogens is 314 g/mol. The van der Waals surface area contributed by atoms with E-state index in [1.807, 2.05) is 11.1 Å². The first kappa shape index (κ1) is 18.2. The van der Waals surface area contributed by atoms with Crippen molar-refractivity contribution in [3.63, 3.8) is 0 Å². The van der Waals surface area contributed by atoms with Gasteiger partial charge in [-0.1, -0.05) is 19.3 Å². The Morgan fingerprint density at radius 2 is 2.04 bits per heavy atom. The monoisotopic (exact) mass is 347 g/mol. The lowest BCUT2D eigenvalue weighted by Crippen LogP contribution is -2.48. The maximum Gasteiger partial charge on any atom is 0.317 e. The summed E-state index contributed by atoms with van der Waals surface area (Å²) in [6.07, 6.45) is 12.2. The summed E-state index contributed by atoms with van der Waals surface area (Å²) in [4.78, 5) is 21.5. The minimum Gasteiger partial charge on any atom is -0.335 e. The van der Waals surface area contributed by atoms with E-state index < -0.39 is 0 Å². The van der Waals surface area contributed by atoms with E-state index in [0.717, 1.165) is 57.7 Å².